The molecule has 3 heterocycles. The van der Waals surface area contributed by atoms with E-state index in [1.165, 1.54) is 11.3 Å². The molecule has 0 spiro atoms. The van der Waals surface area contributed by atoms with Crippen LogP contribution in [0.1, 0.15) is 43.0 Å². The van der Waals surface area contributed by atoms with Crippen molar-refractivity contribution in [2.45, 2.75) is 64.8 Å². The standard InChI is InChI=1S/C23H33N5O2/c1-3-28-16(2)20(12-25-28)15-27-13-18-9-21(22(29)10-19(18)14-27)26-23(30)7-6-17-5-4-8-24-11-17/h4-5,8,11-12,18-19,21-22,29H,3,6-7,9-10,13-15H2,1-2H3,(H,26,30)/t18-,19+,21-,22-/m0/s1. The number of likely N-dealkylation sites (tertiary alicyclic amines) is 1. The Bertz CT molecular complexity index is 853. The number of hydrogen-bond acceptors (Lipinski definition) is 5. The summed E-state index contributed by atoms with van der Waals surface area (Å²) in [5, 5.41) is 18.2. The summed E-state index contributed by atoms with van der Waals surface area (Å²) in [6, 6.07) is 3.73. The van der Waals surface area contributed by atoms with Crippen molar-refractivity contribution in [2.75, 3.05) is 13.1 Å². The van der Waals surface area contributed by atoms with Gasteiger partial charge in [-0.15, -0.1) is 0 Å². The maximum Gasteiger partial charge on any atom is 0.220 e. The van der Waals surface area contributed by atoms with Crippen molar-refractivity contribution in [3.63, 3.8) is 0 Å². The zero-order valence-electron chi connectivity index (χ0n) is 18.0. The van der Waals surface area contributed by atoms with Gasteiger partial charge in [0.15, 0.2) is 0 Å². The lowest BCUT2D eigenvalue weighted by molar-refractivity contribution is -0.123. The van der Waals surface area contributed by atoms with E-state index < -0.39 is 6.10 Å². The van der Waals surface area contributed by atoms with E-state index in [9.17, 15) is 9.90 Å². The first-order chi connectivity index (χ1) is 14.5. The van der Waals surface area contributed by atoms with E-state index in [1.807, 2.05) is 23.0 Å². The van der Waals surface area contributed by atoms with Crippen LogP contribution < -0.4 is 5.32 Å². The first-order valence-corrected chi connectivity index (χ1v) is 11.1. The summed E-state index contributed by atoms with van der Waals surface area (Å²) >= 11 is 0. The average Bonchev–Trinajstić information content (AvgIpc) is 3.30. The number of pyridine rings is 1. The molecule has 1 saturated carbocycles. The number of aliphatic hydroxyl groups excluding tert-OH is 1. The molecule has 0 aromatic carbocycles. The van der Waals surface area contributed by atoms with E-state index >= 15 is 0 Å². The molecule has 0 radical (unpaired) electrons. The second-order valence-electron chi connectivity index (χ2n) is 8.86. The third-order valence-corrected chi connectivity index (χ3v) is 6.83. The fourth-order valence-corrected chi connectivity index (χ4v) is 5.09. The fraction of sp³-hybridized carbons (Fsp3) is 0.609. The Morgan fingerprint density at radius 1 is 1.27 bits per heavy atom. The highest BCUT2D eigenvalue weighted by Gasteiger charge is 2.42. The molecular weight excluding hydrogens is 378 g/mol. The lowest BCUT2D eigenvalue weighted by Crippen LogP contribution is -2.49. The molecule has 30 heavy (non-hydrogen) atoms. The smallest absolute Gasteiger partial charge is 0.220 e. The summed E-state index contributed by atoms with van der Waals surface area (Å²) in [6.07, 6.45) is 7.78. The van der Waals surface area contributed by atoms with Gasteiger partial charge in [-0.25, -0.2) is 0 Å². The number of fused-ring (bicyclic) bond motifs is 1. The average molecular weight is 412 g/mol. The normalized spacial score (nSPS) is 26.5. The van der Waals surface area contributed by atoms with Crippen molar-refractivity contribution in [1.82, 2.24) is 25.0 Å². The summed E-state index contributed by atoms with van der Waals surface area (Å²) in [7, 11) is 0. The first kappa shape index (κ1) is 21.0. The van der Waals surface area contributed by atoms with Crippen LogP contribution in [0.15, 0.2) is 30.7 Å². The molecule has 4 rings (SSSR count). The van der Waals surface area contributed by atoms with E-state index in [0.29, 0.717) is 24.7 Å². The lowest BCUT2D eigenvalue weighted by atomic mass is 9.77. The summed E-state index contributed by atoms with van der Waals surface area (Å²) in [5.74, 6) is 1.04. The Kier molecular flexibility index (Phi) is 6.49. The Morgan fingerprint density at radius 2 is 2.07 bits per heavy atom. The molecule has 1 amide bonds. The number of carbonyl (C=O) groups is 1. The van der Waals surface area contributed by atoms with Crippen molar-refractivity contribution >= 4 is 5.91 Å². The number of nitrogens with one attached hydrogen (secondary N) is 1. The van der Waals surface area contributed by atoms with Crippen molar-refractivity contribution in [2.24, 2.45) is 11.8 Å². The number of carbonyl (C=O) groups excluding carboxylic acids is 1. The summed E-state index contributed by atoms with van der Waals surface area (Å²) < 4.78 is 2.04. The molecule has 2 fully saturated rings. The molecule has 4 atom stereocenters. The van der Waals surface area contributed by atoms with Crippen LogP contribution in [-0.4, -0.2) is 55.9 Å². The molecular formula is C23H33N5O2. The minimum Gasteiger partial charge on any atom is -0.391 e. The molecule has 7 nitrogen and oxygen atoms in total. The Balaban J connectivity index is 1.28. The van der Waals surface area contributed by atoms with Gasteiger partial charge < -0.3 is 10.4 Å². The van der Waals surface area contributed by atoms with E-state index in [-0.39, 0.29) is 11.9 Å². The summed E-state index contributed by atoms with van der Waals surface area (Å²) in [5.41, 5.74) is 3.59. The predicted octanol–water partition coefficient (Wildman–Crippen LogP) is 1.93. The quantitative estimate of drug-likeness (QED) is 0.727. The third kappa shape index (κ3) is 4.73. The van der Waals surface area contributed by atoms with Crippen LogP contribution in [-0.2, 0) is 24.3 Å². The highest BCUT2D eigenvalue weighted by atomic mass is 16.3. The summed E-state index contributed by atoms with van der Waals surface area (Å²) in [4.78, 5) is 19.0. The van der Waals surface area contributed by atoms with Gasteiger partial charge in [0.05, 0.1) is 18.3 Å². The molecule has 0 bridgehead atoms. The largest absolute Gasteiger partial charge is 0.391 e. The fourth-order valence-electron chi connectivity index (χ4n) is 5.09. The summed E-state index contributed by atoms with van der Waals surface area (Å²) in [6.45, 7) is 8.09. The van der Waals surface area contributed by atoms with Crippen molar-refractivity contribution in [3.8, 4) is 0 Å². The Hall–Kier alpha value is -2.25. The van der Waals surface area contributed by atoms with Crippen LogP contribution in [0.25, 0.3) is 0 Å². The zero-order valence-corrected chi connectivity index (χ0v) is 18.0. The van der Waals surface area contributed by atoms with Gasteiger partial charge >= 0.3 is 0 Å². The minimum atomic E-state index is -0.460. The van der Waals surface area contributed by atoms with Gasteiger partial charge in [-0.2, -0.15) is 5.10 Å². The second kappa shape index (κ2) is 9.27. The second-order valence-corrected chi connectivity index (χ2v) is 8.86. The van der Waals surface area contributed by atoms with Crippen LogP contribution in [0.2, 0.25) is 0 Å². The van der Waals surface area contributed by atoms with Crippen LogP contribution in [0.5, 0.6) is 0 Å². The molecule has 2 aromatic rings. The van der Waals surface area contributed by atoms with Crippen LogP contribution in [0.3, 0.4) is 0 Å². The molecule has 2 aliphatic rings. The van der Waals surface area contributed by atoms with Crippen molar-refractivity contribution in [1.29, 1.82) is 0 Å². The Morgan fingerprint density at radius 3 is 2.77 bits per heavy atom. The number of rotatable bonds is 7. The van der Waals surface area contributed by atoms with E-state index in [1.54, 1.807) is 12.4 Å². The van der Waals surface area contributed by atoms with Crippen molar-refractivity contribution in [3.05, 3.63) is 47.5 Å². The van der Waals surface area contributed by atoms with E-state index in [0.717, 1.165) is 44.6 Å². The van der Waals surface area contributed by atoms with Gasteiger partial charge in [0.25, 0.3) is 0 Å². The molecule has 2 aromatic heterocycles. The number of aliphatic hydroxyl groups is 1. The maximum atomic E-state index is 12.4. The lowest BCUT2D eigenvalue weighted by Gasteiger charge is -2.35. The maximum absolute atomic E-state index is 12.4. The molecule has 162 valence electrons. The van der Waals surface area contributed by atoms with Crippen LogP contribution in [0.4, 0.5) is 0 Å². The van der Waals surface area contributed by atoms with Gasteiger partial charge in [0.1, 0.15) is 0 Å². The molecule has 7 heteroatoms. The zero-order chi connectivity index (χ0) is 21.1. The van der Waals surface area contributed by atoms with Gasteiger partial charge in [-0.1, -0.05) is 6.07 Å². The van der Waals surface area contributed by atoms with Gasteiger partial charge in [-0.05, 0) is 56.6 Å². The predicted molar refractivity (Wildman–Crippen MR) is 115 cm³/mol. The minimum absolute atomic E-state index is 0.0128. The number of nitrogens with zero attached hydrogens (tertiary/aromatic N) is 4. The highest BCUT2D eigenvalue weighted by molar-refractivity contribution is 5.76. The van der Waals surface area contributed by atoms with Crippen molar-refractivity contribution < 1.29 is 9.90 Å². The molecule has 1 saturated heterocycles. The van der Waals surface area contributed by atoms with Crippen LogP contribution in [0, 0.1) is 18.8 Å². The number of hydrogen-bond donors (Lipinski definition) is 2. The SMILES string of the molecule is CCn1ncc(CN2C[C@H]3C[C@H](O)[C@@H](NC(=O)CCc4cccnc4)C[C@H]3C2)c1C. The number of aromatic nitrogens is 3. The topological polar surface area (TPSA) is 83.3 Å². The third-order valence-electron chi connectivity index (χ3n) is 6.83. The Labute approximate surface area is 178 Å². The molecule has 0 unspecified atom stereocenters. The van der Waals surface area contributed by atoms with Gasteiger partial charge in [0, 0.05) is 56.3 Å². The number of amides is 1. The number of aryl methyl sites for hydroxylation is 2. The van der Waals surface area contributed by atoms with Gasteiger partial charge in [0.2, 0.25) is 5.91 Å². The van der Waals surface area contributed by atoms with E-state index in [4.69, 9.17) is 0 Å². The monoisotopic (exact) mass is 411 g/mol. The van der Waals surface area contributed by atoms with Crippen LogP contribution >= 0.6 is 0 Å². The highest BCUT2D eigenvalue weighted by Crippen LogP contribution is 2.37. The van der Waals surface area contributed by atoms with E-state index in [2.05, 4.69) is 34.1 Å². The van der Waals surface area contributed by atoms with Gasteiger partial charge in [-0.3, -0.25) is 19.4 Å². The first-order valence-electron chi connectivity index (χ1n) is 11.1. The molecule has 1 aliphatic carbocycles. The molecule has 1 aliphatic heterocycles. The molecule has 2 N–H and O–H groups in total.